The highest BCUT2D eigenvalue weighted by Crippen LogP contribution is 2.25. The molecule has 2 aliphatic heterocycles. The van der Waals surface area contributed by atoms with Crippen molar-refractivity contribution < 1.29 is 0 Å². The molecule has 0 atom stereocenters. The van der Waals surface area contributed by atoms with Gasteiger partial charge in [-0.25, -0.2) is 0 Å². The van der Waals surface area contributed by atoms with Gasteiger partial charge in [0.05, 0.1) is 0 Å². The number of likely N-dealkylation sites (N-methyl/N-ethyl adjacent to an activating group) is 1. The van der Waals surface area contributed by atoms with E-state index in [1.807, 2.05) is 0 Å². The molecule has 1 aromatic carbocycles. The first-order valence-corrected chi connectivity index (χ1v) is 9.07. The van der Waals surface area contributed by atoms with E-state index in [1.54, 1.807) is 5.56 Å². The van der Waals surface area contributed by atoms with Crippen LogP contribution < -0.4 is 4.90 Å². The van der Waals surface area contributed by atoms with Crippen LogP contribution in [0.5, 0.6) is 0 Å². The van der Waals surface area contributed by atoms with Crippen molar-refractivity contribution in [2.45, 2.75) is 32.1 Å². The molecule has 2 saturated heterocycles. The minimum atomic E-state index is 1.22. The lowest BCUT2D eigenvalue weighted by atomic mass is 10.0. The van der Waals surface area contributed by atoms with Crippen LogP contribution in [0, 0.1) is 0 Å². The summed E-state index contributed by atoms with van der Waals surface area (Å²) in [5.74, 6) is 0. The van der Waals surface area contributed by atoms with Crippen molar-refractivity contribution in [1.82, 2.24) is 9.80 Å². The van der Waals surface area contributed by atoms with Gasteiger partial charge in [0.25, 0.3) is 0 Å². The Balaban J connectivity index is 1.51. The Morgan fingerprint density at radius 2 is 1.59 bits per heavy atom. The number of nitrogens with zero attached hydrogens (tertiary/aromatic N) is 3. The van der Waals surface area contributed by atoms with Crippen LogP contribution in [0.1, 0.15) is 31.2 Å². The number of para-hydroxylation sites is 1. The number of piperidine rings is 1. The lowest BCUT2D eigenvalue weighted by Gasteiger charge is -2.33. The van der Waals surface area contributed by atoms with Crippen LogP contribution in [0.25, 0.3) is 0 Å². The Morgan fingerprint density at radius 3 is 2.36 bits per heavy atom. The maximum Gasteiger partial charge on any atom is 0.0398 e. The first-order valence-electron chi connectivity index (χ1n) is 9.07. The fourth-order valence-electron chi connectivity index (χ4n) is 3.73. The summed E-state index contributed by atoms with van der Waals surface area (Å²) in [6.45, 7) is 8.68. The quantitative estimate of drug-likeness (QED) is 0.828. The normalized spacial score (nSPS) is 21.2. The average molecular weight is 301 g/mol. The third kappa shape index (κ3) is 4.23. The van der Waals surface area contributed by atoms with E-state index in [-0.39, 0.29) is 0 Å². The van der Waals surface area contributed by atoms with Crippen LogP contribution in [0.15, 0.2) is 24.3 Å². The number of rotatable bonds is 5. The second-order valence-electron chi connectivity index (χ2n) is 6.92. The molecule has 0 bridgehead atoms. The fourth-order valence-corrected chi connectivity index (χ4v) is 3.73. The maximum absolute atomic E-state index is 2.63. The van der Waals surface area contributed by atoms with E-state index < -0.39 is 0 Å². The summed E-state index contributed by atoms with van der Waals surface area (Å²) in [5, 5.41) is 0. The summed E-state index contributed by atoms with van der Waals surface area (Å²) >= 11 is 0. The summed E-state index contributed by atoms with van der Waals surface area (Å²) in [4.78, 5) is 7.67. The average Bonchev–Trinajstić information content (AvgIpc) is 2.58. The highest BCUT2D eigenvalue weighted by atomic mass is 15.2. The van der Waals surface area contributed by atoms with Crippen molar-refractivity contribution in [3.8, 4) is 0 Å². The van der Waals surface area contributed by atoms with Crippen molar-refractivity contribution in [1.29, 1.82) is 0 Å². The van der Waals surface area contributed by atoms with E-state index in [0.717, 1.165) is 0 Å². The molecule has 3 heteroatoms. The van der Waals surface area contributed by atoms with Crippen LogP contribution in [-0.4, -0.2) is 62.7 Å². The smallest absolute Gasteiger partial charge is 0.0398 e. The molecule has 0 radical (unpaired) electrons. The molecule has 1 aromatic rings. The van der Waals surface area contributed by atoms with Gasteiger partial charge >= 0.3 is 0 Å². The minimum Gasteiger partial charge on any atom is -0.371 e. The topological polar surface area (TPSA) is 9.72 Å². The molecule has 2 aliphatic rings. The lowest BCUT2D eigenvalue weighted by molar-refractivity contribution is 0.153. The Hall–Kier alpha value is -1.06. The van der Waals surface area contributed by atoms with E-state index >= 15 is 0 Å². The van der Waals surface area contributed by atoms with E-state index in [9.17, 15) is 0 Å². The number of hydrogen-bond donors (Lipinski definition) is 0. The highest BCUT2D eigenvalue weighted by molar-refractivity contribution is 5.54. The predicted molar refractivity (Wildman–Crippen MR) is 94.8 cm³/mol. The summed E-state index contributed by atoms with van der Waals surface area (Å²) in [7, 11) is 2.23. The van der Waals surface area contributed by atoms with Gasteiger partial charge in [0, 0.05) is 45.0 Å². The molecule has 122 valence electrons. The zero-order chi connectivity index (χ0) is 15.2. The summed E-state index contributed by atoms with van der Waals surface area (Å²) in [6, 6.07) is 9.08. The molecule has 3 nitrogen and oxygen atoms in total. The third-order valence-electron chi connectivity index (χ3n) is 5.20. The fraction of sp³-hybridized carbons (Fsp3) is 0.684. The molecule has 0 aliphatic carbocycles. The van der Waals surface area contributed by atoms with Gasteiger partial charge < -0.3 is 14.7 Å². The number of hydrogen-bond acceptors (Lipinski definition) is 3. The second-order valence-corrected chi connectivity index (χ2v) is 6.92. The molecule has 0 N–H and O–H groups in total. The molecule has 0 spiro atoms. The Bertz CT molecular complexity index is 446. The summed E-state index contributed by atoms with van der Waals surface area (Å²) in [5.41, 5.74) is 3.05. The monoisotopic (exact) mass is 301 g/mol. The predicted octanol–water partition coefficient (Wildman–Crippen LogP) is 2.86. The molecule has 0 aromatic heterocycles. The third-order valence-corrected chi connectivity index (χ3v) is 5.20. The van der Waals surface area contributed by atoms with Crippen molar-refractivity contribution in [2.24, 2.45) is 0 Å². The number of aryl methyl sites for hydroxylation is 1. The first kappa shape index (κ1) is 15.8. The molecular weight excluding hydrogens is 270 g/mol. The molecule has 2 fully saturated rings. The van der Waals surface area contributed by atoms with E-state index in [0.29, 0.717) is 0 Å². The molecule has 22 heavy (non-hydrogen) atoms. The van der Waals surface area contributed by atoms with Crippen LogP contribution in [-0.2, 0) is 6.42 Å². The number of anilines is 1. The van der Waals surface area contributed by atoms with Crippen molar-refractivity contribution in [3.63, 3.8) is 0 Å². The van der Waals surface area contributed by atoms with Crippen molar-refractivity contribution >= 4 is 5.69 Å². The molecule has 0 unspecified atom stereocenters. The SMILES string of the molecule is CN1CCN(CCCc2ccccc2N2CCCCC2)CC1. The highest BCUT2D eigenvalue weighted by Gasteiger charge is 2.15. The molecule has 3 rings (SSSR count). The zero-order valence-corrected chi connectivity index (χ0v) is 14.1. The van der Waals surface area contributed by atoms with Crippen LogP contribution in [0.3, 0.4) is 0 Å². The van der Waals surface area contributed by atoms with Crippen LogP contribution >= 0.6 is 0 Å². The van der Waals surface area contributed by atoms with Gasteiger partial charge in [0.2, 0.25) is 0 Å². The van der Waals surface area contributed by atoms with E-state index in [1.165, 1.54) is 83.6 Å². The van der Waals surface area contributed by atoms with Gasteiger partial charge in [-0.3, -0.25) is 0 Å². The Labute approximate surface area is 135 Å². The Morgan fingerprint density at radius 1 is 0.864 bits per heavy atom. The van der Waals surface area contributed by atoms with Gasteiger partial charge in [-0.2, -0.15) is 0 Å². The molecule has 2 heterocycles. The standard InChI is InChI=1S/C19H31N3/c1-20-14-16-21(17-15-20)11-7-9-18-8-3-4-10-19(18)22-12-5-2-6-13-22/h3-4,8,10H,2,5-7,9,11-17H2,1H3. The van der Waals surface area contributed by atoms with E-state index in [4.69, 9.17) is 0 Å². The molecular formula is C19H31N3. The maximum atomic E-state index is 2.63. The Kier molecular flexibility index (Phi) is 5.74. The molecule has 0 saturated carbocycles. The first-order chi connectivity index (χ1) is 10.8. The minimum absolute atomic E-state index is 1.22. The summed E-state index contributed by atoms with van der Waals surface area (Å²) < 4.78 is 0. The van der Waals surface area contributed by atoms with Crippen molar-refractivity contribution in [2.75, 3.05) is 57.8 Å². The number of benzene rings is 1. The molecule has 0 amide bonds. The lowest BCUT2D eigenvalue weighted by Crippen LogP contribution is -2.44. The second kappa shape index (κ2) is 7.98. The van der Waals surface area contributed by atoms with Gasteiger partial charge in [0.1, 0.15) is 0 Å². The van der Waals surface area contributed by atoms with Crippen LogP contribution in [0.4, 0.5) is 5.69 Å². The largest absolute Gasteiger partial charge is 0.371 e. The van der Waals surface area contributed by atoms with Gasteiger partial charge in [-0.15, -0.1) is 0 Å². The summed E-state index contributed by atoms with van der Waals surface area (Å²) in [6.07, 6.45) is 6.63. The van der Waals surface area contributed by atoms with Crippen LogP contribution in [0.2, 0.25) is 0 Å². The number of piperazine rings is 1. The van der Waals surface area contributed by atoms with Crippen molar-refractivity contribution in [3.05, 3.63) is 29.8 Å². The van der Waals surface area contributed by atoms with E-state index in [2.05, 4.69) is 46.0 Å². The van der Waals surface area contributed by atoms with Gasteiger partial charge in [0.15, 0.2) is 0 Å². The van der Waals surface area contributed by atoms with Gasteiger partial charge in [-0.1, -0.05) is 18.2 Å². The zero-order valence-electron chi connectivity index (χ0n) is 14.1. The van der Waals surface area contributed by atoms with Gasteiger partial charge in [-0.05, 0) is 57.3 Å².